The van der Waals surface area contributed by atoms with Gasteiger partial charge in [0.05, 0.1) is 0 Å². The van der Waals surface area contributed by atoms with Gasteiger partial charge < -0.3 is 19.9 Å². The summed E-state index contributed by atoms with van der Waals surface area (Å²) in [6.07, 6.45) is 4.25. The van der Waals surface area contributed by atoms with Crippen molar-refractivity contribution in [3.8, 4) is 11.6 Å². The van der Waals surface area contributed by atoms with Gasteiger partial charge in [-0.05, 0) is 35.9 Å². The second-order valence-corrected chi connectivity index (χ2v) is 6.20. The third-order valence-electron chi connectivity index (χ3n) is 4.18. The third kappa shape index (κ3) is 6.94. The molecule has 0 bridgehead atoms. The van der Waals surface area contributed by atoms with Crippen molar-refractivity contribution < 1.29 is 9.13 Å². The molecule has 0 saturated carbocycles. The molecule has 0 spiro atoms. The Morgan fingerprint density at radius 2 is 2.00 bits per heavy atom. The van der Waals surface area contributed by atoms with E-state index >= 15 is 0 Å². The van der Waals surface area contributed by atoms with Crippen LogP contribution in [-0.4, -0.2) is 39.3 Å². The summed E-state index contributed by atoms with van der Waals surface area (Å²) in [6.45, 7) is 4.05. The maximum absolute atomic E-state index is 13.0. The molecule has 0 aliphatic heterocycles. The average Bonchev–Trinajstić information content (AvgIpc) is 3.20. The van der Waals surface area contributed by atoms with Crippen LogP contribution in [0.25, 0.3) is 0 Å². The molecule has 0 fully saturated rings. The van der Waals surface area contributed by atoms with Crippen LogP contribution in [0.15, 0.2) is 53.9 Å². The Hall–Kier alpha value is -2.76. The van der Waals surface area contributed by atoms with Crippen molar-refractivity contribution in [2.75, 3.05) is 13.6 Å². The Morgan fingerprint density at radius 3 is 2.73 bits per heavy atom. The van der Waals surface area contributed by atoms with Gasteiger partial charge in [0.15, 0.2) is 5.96 Å². The van der Waals surface area contributed by atoms with Crippen molar-refractivity contribution in [2.24, 2.45) is 4.99 Å². The predicted octanol–water partition coefficient (Wildman–Crippen LogP) is 3.15. The molecule has 0 unspecified atom stereocenters. The van der Waals surface area contributed by atoms with Crippen LogP contribution in [0, 0.1) is 5.82 Å². The summed E-state index contributed by atoms with van der Waals surface area (Å²) in [7, 11) is 1.72. The summed E-state index contributed by atoms with van der Waals surface area (Å²) in [5, 5.41) is 14.5. The van der Waals surface area contributed by atoms with E-state index in [0.717, 1.165) is 24.4 Å². The second-order valence-electron chi connectivity index (χ2n) is 6.20. The van der Waals surface area contributed by atoms with E-state index in [-0.39, 0.29) is 29.8 Å². The van der Waals surface area contributed by atoms with Gasteiger partial charge >= 0.3 is 0 Å². The number of rotatable bonds is 8. The molecule has 2 heterocycles. The molecular weight excluding hydrogens is 500 g/mol. The summed E-state index contributed by atoms with van der Waals surface area (Å²) in [4.78, 5) is 8.43. The van der Waals surface area contributed by atoms with Crippen LogP contribution in [0.4, 0.5) is 4.39 Å². The van der Waals surface area contributed by atoms with Gasteiger partial charge in [-0.3, -0.25) is 4.99 Å². The van der Waals surface area contributed by atoms with Crippen molar-refractivity contribution in [1.29, 1.82) is 0 Å². The van der Waals surface area contributed by atoms with Gasteiger partial charge in [-0.2, -0.15) is 0 Å². The lowest BCUT2D eigenvalue weighted by Crippen LogP contribution is -2.38. The highest BCUT2D eigenvalue weighted by atomic mass is 127. The van der Waals surface area contributed by atoms with Crippen LogP contribution < -0.4 is 15.4 Å². The normalized spacial score (nSPS) is 11.0. The third-order valence-corrected chi connectivity index (χ3v) is 4.18. The average molecular weight is 525 g/mol. The van der Waals surface area contributed by atoms with Crippen molar-refractivity contribution in [3.05, 3.63) is 66.1 Å². The first-order valence-corrected chi connectivity index (χ1v) is 9.37. The number of ether oxygens (including phenoxy) is 1. The minimum atomic E-state index is -0.308. The molecule has 3 rings (SSSR count). The fourth-order valence-corrected chi connectivity index (χ4v) is 2.68. The Bertz CT molecular complexity index is 946. The number of guanidine groups is 1. The van der Waals surface area contributed by atoms with Gasteiger partial charge in [-0.15, -0.1) is 34.2 Å². The molecule has 0 aliphatic rings. The largest absolute Gasteiger partial charge is 0.439 e. The number of aromatic nitrogens is 4. The smallest absolute Gasteiger partial charge is 0.219 e. The van der Waals surface area contributed by atoms with Gasteiger partial charge in [0, 0.05) is 45.4 Å². The maximum Gasteiger partial charge on any atom is 0.219 e. The minimum absolute atomic E-state index is 0. The van der Waals surface area contributed by atoms with Gasteiger partial charge in [-0.25, -0.2) is 9.37 Å². The van der Waals surface area contributed by atoms with Crippen LogP contribution in [0.5, 0.6) is 11.6 Å². The number of aliphatic imine (C=N–C) groups is 1. The summed E-state index contributed by atoms with van der Waals surface area (Å²) >= 11 is 0. The lowest BCUT2D eigenvalue weighted by molar-refractivity contribution is 0.460. The maximum atomic E-state index is 13.0. The van der Waals surface area contributed by atoms with E-state index in [1.807, 2.05) is 16.7 Å². The molecule has 1 aromatic carbocycles. The fraction of sp³-hybridized carbons (Fsp3) is 0.300. The van der Waals surface area contributed by atoms with E-state index in [4.69, 9.17) is 4.74 Å². The Morgan fingerprint density at radius 1 is 1.20 bits per heavy atom. The van der Waals surface area contributed by atoms with Gasteiger partial charge in [0.2, 0.25) is 5.88 Å². The molecule has 30 heavy (non-hydrogen) atoms. The van der Waals surface area contributed by atoms with Crippen LogP contribution >= 0.6 is 24.0 Å². The van der Waals surface area contributed by atoms with Gasteiger partial charge in [0.1, 0.15) is 23.7 Å². The number of aryl methyl sites for hydroxylation is 1. The first kappa shape index (κ1) is 23.5. The standard InChI is InChI=1S/C20H24FN7O.HI/c1-3-18-27-26-14-28(18)11-10-24-20(22-2)25-13-15-8-9-23-19(12-15)29-17-6-4-16(21)5-7-17;/h4-9,12,14H,3,10-11,13H2,1-2H3,(H2,22,24,25);1H. The minimum Gasteiger partial charge on any atom is -0.439 e. The summed E-state index contributed by atoms with van der Waals surface area (Å²) in [5.74, 6) is 2.31. The van der Waals surface area contributed by atoms with Crippen molar-refractivity contribution >= 4 is 29.9 Å². The molecule has 8 nitrogen and oxygen atoms in total. The van der Waals surface area contributed by atoms with E-state index < -0.39 is 0 Å². The Balaban J connectivity index is 0.00000320. The molecule has 2 N–H and O–H groups in total. The van der Waals surface area contributed by atoms with E-state index in [2.05, 4.69) is 37.7 Å². The quantitative estimate of drug-likeness (QED) is 0.267. The number of halogens is 2. The Kier molecular flexibility index (Phi) is 9.45. The summed E-state index contributed by atoms with van der Waals surface area (Å²) < 4.78 is 20.7. The van der Waals surface area contributed by atoms with E-state index in [1.54, 1.807) is 31.7 Å². The zero-order valence-corrected chi connectivity index (χ0v) is 19.2. The van der Waals surface area contributed by atoms with E-state index in [0.29, 0.717) is 30.7 Å². The first-order valence-electron chi connectivity index (χ1n) is 9.37. The number of pyridine rings is 1. The van der Waals surface area contributed by atoms with Crippen LogP contribution in [0.3, 0.4) is 0 Å². The first-order chi connectivity index (χ1) is 14.2. The molecular formula is C20H25FIN7O. The second kappa shape index (κ2) is 12.1. The van der Waals surface area contributed by atoms with Crippen LogP contribution in [0.1, 0.15) is 18.3 Å². The number of nitrogens with zero attached hydrogens (tertiary/aromatic N) is 5. The SMILES string of the molecule is CCc1nncn1CCNC(=NC)NCc1ccnc(Oc2ccc(F)cc2)c1.I. The number of nitrogens with one attached hydrogen (secondary N) is 2. The van der Waals surface area contributed by atoms with Crippen LogP contribution in [-0.2, 0) is 19.5 Å². The molecule has 0 atom stereocenters. The van der Waals surface area contributed by atoms with Crippen LogP contribution in [0.2, 0.25) is 0 Å². The van der Waals surface area contributed by atoms with Crippen molar-refractivity contribution in [1.82, 2.24) is 30.4 Å². The molecule has 0 aliphatic carbocycles. The molecule has 160 valence electrons. The van der Waals surface area contributed by atoms with Crippen molar-refractivity contribution in [2.45, 2.75) is 26.4 Å². The lowest BCUT2D eigenvalue weighted by atomic mass is 10.2. The zero-order valence-electron chi connectivity index (χ0n) is 16.9. The van der Waals surface area contributed by atoms with Gasteiger partial charge in [-0.1, -0.05) is 6.92 Å². The highest BCUT2D eigenvalue weighted by Gasteiger charge is 2.04. The van der Waals surface area contributed by atoms with E-state index in [9.17, 15) is 4.39 Å². The van der Waals surface area contributed by atoms with E-state index in [1.165, 1.54) is 12.1 Å². The highest BCUT2D eigenvalue weighted by Crippen LogP contribution is 2.20. The zero-order chi connectivity index (χ0) is 20.5. The topological polar surface area (TPSA) is 89.2 Å². The number of hydrogen-bond donors (Lipinski definition) is 2. The summed E-state index contributed by atoms with van der Waals surface area (Å²) in [6, 6.07) is 9.54. The molecule has 0 amide bonds. The molecule has 0 radical (unpaired) electrons. The molecule has 3 aromatic rings. The number of benzene rings is 1. The van der Waals surface area contributed by atoms with Crippen molar-refractivity contribution in [3.63, 3.8) is 0 Å². The Labute approximate surface area is 192 Å². The fourth-order valence-electron chi connectivity index (χ4n) is 2.68. The van der Waals surface area contributed by atoms with Gasteiger partial charge in [0.25, 0.3) is 0 Å². The lowest BCUT2D eigenvalue weighted by Gasteiger charge is -2.13. The highest BCUT2D eigenvalue weighted by molar-refractivity contribution is 14.0. The molecule has 2 aromatic heterocycles. The number of hydrogen-bond acceptors (Lipinski definition) is 5. The molecule has 0 saturated heterocycles. The molecule has 10 heteroatoms. The monoisotopic (exact) mass is 525 g/mol. The predicted molar refractivity (Wildman–Crippen MR) is 124 cm³/mol. The summed E-state index contributed by atoms with van der Waals surface area (Å²) in [5.41, 5.74) is 0.979.